The number of alkyl halides is 3. The lowest BCUT2D eigenvalue weighted by atomic mass is 9.95. The molecule has 0 radical (unpaired) electrons. The molecular weight excluding hydrogens is 404 g/mol. The number of sulfonamides is 1. The average Bonchev–Trinajstić information content (AvgIpc) is 2.55. The SMILES string of the molecule is C[C@H]1CN(S(=O)(=O)c2ccc(F)cc2)C(C)(C)CN1C(=O)[C@@](C)(O)C(F)(F)F. The Kier molecular flexibility index (Phi) is 5.61. The van der Waals surface area contributed by atoms with Gasteiger partial charge >= 0.3 is 6.18 Å². The largest absolute Gasteiger partial charge is 0.426 e. The van der Waals surface area contributed by atoms with Crippen LogP contribution in [-0.4, -0.2) is 65.1 Å². The van der Waals surface area contributed by atoms with Crippen molar-refractivity contribution in [3.05, 3.63) is 30.1 Å². The van der Waals surface area contributed by atoms with Crippen molar-refractivity contribution >= 4 is 15.9 Å². The summed E-state index contributed by atoms with van der Waals surface area (Å²) in [6, 6.07) is 3.24. The van der Waals surface area contributed by atoms with Crippen LogP contribution in [0.4, 0.5) is 17.6 Å². The Bertz CT molecular complexity index is 851. The normalized spacial score (nSPS) is 23.3. The van der Waals surface area contributed by atoms with Gasteiger partial charge in [-0.3, -0.25) is 4.79 Å². The summed E-state index contributed by atoms with van der Waals surface area (Å²) in [4.78, 5) is 13.0. The van der Waals surface area contributed by atoms with Gasteiger partial charge in [-0.05, 0) is 52.0 Å². The molecule has 1 heterocycles. The zero-order chi connectivity index (χ0) is 21.7. The van der Waals surface area contributed by atoms with E-state index >= 15 is 0 Å². The van der Waals surface area contributed by atoms with Crippen LogP contribution in [-0.2, 0) is 14.8 Å². The third-order valence-corrected chi connectivity index (χ3v) is 6.92. The molecule has 6 nitrogen and oxygen atoms in total. The first kappa shape index (κ1) is 22.6. The van der Waals surface area contributed by atoms with Crippen LogP contribution in [0.1, 0.15) is 27.7 Å². The van der Waals surface area contributed by atoms with Crippen molar-refractivity contribution < 1.29 is 35.9 Å². The molecule has 0 saturated carbocycles. The van der Waals surface area contributed by atoms with E-state index in [1.807, 2.05) is 0 Å². The number of rotatable bonds is 3. The number of hydrogen-bond donors (Lipinski definition) is 1. The molecule has 1 fully saturated rings. The van der Waals surface area contributed by atoms with Crippen molar-refractivity contribution in [1.29, 1.82) is 0 Å². The van der Waals surface area contributed by atoms with E-state index in [2.05, 4.69) is 0 Å². The van der Waals surface area contributed by atoms with Gasteiger partial charge in [0.2, 0.25) is 15.6 Å². The van der Waals surface area contributed by atoms with E-state index in [1.165, 1.54) is 20.8 Å². The first-order valence-electron chi connectivity index (χ1n) is 8.40. The zero-order valence-electron chi connectivity index (χ0n) is 15.8. The van der Waals surface area contributed by atoms with Gasteiger partial charge in [0.25, 0.3) is 5.91 Å². The Balaban J connectivity index is 2.36. The summed E-state index contributed by atoms with van der Waals surface area (Å²) in [7, 11) is -4.09. The quantitative estimate of drug-likeness (QED) is 0.752. The predicted molar refractivity (Wildman–Crippen MR) is 92.2 cm³/mol. The van der Waals surface area contributed by atoms with Gasteiger partial charge in [-0.15, -0.1) is 0 Å². The number of carbonyl (C=O) groups is 1. The van der Waals surface area contributed by atoms with E-state index < -0.39 is 45.1 Å². The number of halogens is 4. The Hall–Kier alpha value is -1.72. The standard InChI is InChI=1S/C17H22F4N2O4S/c1-11-9-23(28(26,27)13-7-5-12(18)6-8-13)15(2,3)10-22(11)14(24)16(4,25)17(19,20)21/h5-8,11,25H,9-10H2,1-4H3/t11-,16+/m0/s1. The molecule has 0 unspecified atom stereocenters. The molecule has 1 amide bonds. The number of hydrogen-bond acceptors (Lipinski definition) is 4. The minimum absolute atomic E-state index is 0.170. The van der Waals surface area contributed by atoms with E-state index in [-0.39, 0.29) is 18.0 Å². The molecular formula is C17H22F4N2O4S. The fraction of sp³-hybridized carbons (Fsp3) is 0.588. The number of aliphatic hydroxyl groups is 1. The summed E-state index contributed by atoms with van der Waals surface area (Å²) in [6.45, 7) is 4.04. The van der Waals surface area contributed by atoms with Crippen molar-refractivity contribution in [2.45, 2.75) is 55.9 Å². The van der Waals surface area contributed by atoms with E-state index in [1.54, 1.807) is 0 Å². The highest BCUT2D eigenvalue weighted by molar-refractivity contribution is 7.89. The second kappa shape index (κ2) is 6.96. The van der Waals surface area contributed by atoms with Crippen LogP contribution in [0.15, 0.2) is 29.2 Å². The summed E-state index contributed by atoms with van der Waals surface area (Å²) < 4.78 is 79.2. The van der Waals surface area contributed by atoms with Crippen molar-refractivity contribution in [2.24, 2.45) is 0 Å². The summed E-state index contributed by atoms with van der Waals surface area (Å²) in [5.74, 6) is -2.16. The van der Waals surface area contributed by atoms with Crippen LogP contribution in [0.5, 0.6) is 0 Å². The minimum Gasteiger partial charge on any atom is -0.373 e. The van der Waals surface area contributed by atoms with Gasteiger partial charge in [-0.1, -0.05) is 0 Å². The highest BCUT2D eigenvalue weighted by Gasteiger charge is 2.59. The fourth-order valence-corrected chi connectivity index (χ4v) is 4.92. The Morgan fingerprint density at radius 3 is 2.18 bits per heavy atom. The number of nitrogens with zero attached hydrogens (tertiary/aromatic N) is 2. The first-order valence-corrected chi connectivity index (χ1v) is 9.84. The molecule has 11 heteroatoms. The van der Waals surface area contributed by atoms with Gasteiger partial charge < -0.3 is 10.0 Å². The summed E-state index contributed by atoms with van der Waals surface area (Å²) in [5, 5.41) is 9.71. The minimum atomic E-state index is -5.18. The summed E-state index contributed by atoms with van der Waals surface area (Å²) in [5.41, 5.74) is -4.85. The van der Waals surface area contributed by atoms with Crippen LogP contribution in [0.25, 0.3) is 0 Å². The highest BCUT2D eigenvalue weighted by Crippen LogP contribution is 2.36. The molecule has 0 aromatic heterocycles. The molecule has 1 saturated heterocycles. The zero-order valence-corrected chi connectivity index (χ0v) is 16.6. The maximum atomic E-state index is 13.1. The van der Waals surface area contributed by atoms with Crippen LogP contribution >= 0.6 is 0 Å². The lowest BCUT2D eigenvalue weighted by molar-refractivity contribution is -0.252. The third kappa shape index (κ3) is 3.87. The lowest BCUT2D eigenvalue weighted by Gasteiger charge is -2.50. The summed E-state index contributed by atoms with van der Waals surface area (Å²) >= 11 is 0. The number of carbonyl (C=O) groups excluding carboxylic acids is 1. The topological polar surface area (TPSA) is 77.9 Å². The lowest BCUT2D eigenvalue weighted by Crippen LogP contribution is -2.68. The van der Waals surface area contributed by atoms with E-state index in [4.69, 9.17) is 0 Å². The molecule has 1 aromatic rings. The second-order valence-electron chi connectivity index (χ2n) is 7.65. The molecule has 1 N–H and O–H groups in total. The molecule has 2 atom stereocenters. The van der Waals surface area contributed by atoms with Gasteiger partial charge in [0.15, 0.2) is 0 Å². The molecule has 0 aliphatic carbocycles. The molecule has 2 rings (SSSR count). The van der Waals surface area contributed by atoms with Crippen molar-refractivity contribution in [2.75, 3.05) is 13.1 Å². The van der Waals surface area contributed by atoms with Gasteiger partial charge in [0, 0.05) is 24.7 Å². The van der Waals surface area contributed by atoms with E-state index in [9.17, 15) is 35.9 Å². The molecule has 1 aliphatic rings. The maximum absolute atomic E-state index is 13.1. The smallest absolute Gasteiger partial charge is 0.373 e. The molecule has 1 aromatic carbocycles. The first-order chi connectivity index (χ1) is 12.5. The van der Waals surface area contributed by atoms with Gasteiger partial charge in [0.1, 0.15) is 5.82 Å². The van der Waals surface area contributed by atoms with Crippen LogP contribution in [0.3, 0.4) is 0 Å². The van der Waals surface area contributed by atoms with Gasteiger partial charge in [-0.2, -0.15) is 17.5 Å². The molecule has 28 heavy (non-hydrogen) atoms. The number of benzene rings is 1. The second-order valence-corrected chi connectivity index (χ2v) is 9.52. The predicted octanol–water partition coefficient (Wildman–Crippen LogP) is 2.14. The maximum Gasteiger partial charge on any atom is 0.426 e. The average molecular weight is 426 g/mol. The van der Waals surface area contributed by atoms with Gasteiger partial charge in [0.05, 0.1) is 4.90 Å². The van der Waals surface area contributed by atoms with Crippen LogP contribution in [0, 0.1) is 5.82 Å². The van der Waals surface area contributed by atoms with Crippen LogP contribution in [0.2, 0.25) is 0 Å². The van der Waals surface area contributed by atoms with Crippen molar-refractivity contribution in [1.82, 2.24) is 9.21 Å². The van der Waals surface area contributed by atoms with Crippen molar-refractivity contribution in [3.8, 4) is 0 Å². The Labute approximate surface area is 160 Å². The third-order valence-electron chi connectivity index (χ3n) is 4.83. The van der Waals surface area contributed by atoms with E-state index in [0.717, 1.165) is 33.5 Å². The molecule has 1 aliphatic heterocycles. The highest BCUT2D eigenvalue weighted by atomic mass is 32.2. The Morgan fingerprint density at radius 1 is 1.21 bits per heavy atom. The summed E-state index contributed by atoms with van der Waals surface area (Å²) in [6.07, 6.45) is -5.18. The monoisotopic (exact) mass is 426 g/mol. The molecule has 0 bridgehead atoms. The number of amides is 1. The number of piperazine rings is 1. The van der Waals surface area contributed by atoms with Crippen molar-refractivity contribution in [3.63, 3.8) is 0 Å². The molecule has 0 spiro atoms. The molecule has 158 valence electrons. The van der Waals surface area contributed by atoms with Crippen LogP contribution < -0.4 is 0 Å². The van der Waals surface area contributed by atoms with E-state index in [0.29, 0.717) is 6.92 Å². The van der Waals surface area contributed by atoms with Gasteiger partial charge in [-0.25, -0.2) is 12.8 Å². The Morgan fingerprint density at radius 2 is 1.71 bits per heavy atom. The fourth-order valence-electron chi connectivity index (χ4n) is 3.07.